The second-order valence-electron chi connectivity index (χ2n) is 7.36. The first-order valence-corrected chi connectivity index (χ1v) is 8.78. The standard InChI is InChI=1S/C17H32N2/c1-2-18-13-17(10-5-6-11-17)14-19-12-9-15-7-3-4-8-16(15)19/h15-16,18H,2-14H2,1H3. The molecule has 0 spiro atoms. The summed E-state index contributed by atoms with van der Waals surface area (Å²) in [5, 5.41) is 3.65. The minimum absolute atomic E-state index is 0.613. The minimum atomic E-state index is 0.613. The van der Waals surface area contributed by atoms with Gasteiger partial charge in [-0.15, -0.1) is 0 Å². The maximum Gasteiger partial charge on any atom is 0.0124 e. The molecule has 3 aliphatic rings. The zero-order chi connectivity index (χ0) is 13.1. The van der Waals surface area contributed by atoms with E-state index in [1.165, 1.54) is 77.4 Å². The van der Waals surface area contributed by atoms with Crippen molar-refractivity contribution in [2.24, 2.45) is 11.3 Å². The van der Waals surface area contributed by atoms with Gasteiger partial charge in [-0.1, -0.05) is 32.6 Å². The van der Waals surface area contributed by atoms with Gasteiger partial charge in [0.1, 0.15) is 0 Å². The van der Waals surface area contributed by atoms with Gasteiger partial charge in [-0.3, -0.25) is 4.90 Å². The Balaban J connectivity index is 1.61. The zero-order valence-corrected chi connectivity index (χ0v) is 12.8. The molecule has 2 atom stereocenters. The van der Waals surface area contributed by atoms with Crippen LogP contribution in [0.1, 0.15) is 64.7 Å². The number of hydrogen-bond donors (Lipinski definition) is 1. The van der Waals surface area contributed by atoms with E-state index in [1.54, 1.807) is 0 Å². The Labute approximate surface area is 119 Å². The van der Waals surface area contributed by atoms with E-state index in [1.807, 2.05) is 0 Å². The molecule has 2 heteroatoms. The SMILES string of the molecule is CCNCC1(CN2CCC3CCCCC32)CCCC1. The van der Waals surface area contributed by atoms with Crippen LogP contribution in [-0.4, -0.2) is 37.1 Å². The summed E-state index contributed by atoms with van der Waals surface area (Å²) in [7, 11) is 0. The fraction of sp³-hybridized carbons (Fsp3) is 1.00. The lowest BCUT2D eigenvalue weighted by Gasteiger charge is -2.39. The monoisotopic (exact) mass is 264 g/mol. The Morgan fingerprint density at radius 1 is 1.05 bits per heavy atom. The van der Waals surface area contributed by atoms with Crippen LogP contribution < -0.4 is 5.32 Å². The Kier molecular flexibility index (Phi) is 4.48. The molecule has 2 nitrogen and oxygen atoms in total. The molecule has 0 radical (unpaired) electrons. The van der Waals surface area contributed by atoms with Gasteiger partial charge in [-0.05, 0) is 56.5 Å². The van der Waals surface area contributed by atoms with Crippen molar-refractivity contribution in [3.05, 3.63) is 0 Å². The molecule has 110 valence electrons. The van der Waals surface area contributed by atoms with Crippen LogP contribution >= 0.6 is 0 Å². The lowest BCUT2D eigenvalue weighted by molar-refractivity contribution is 0.110. The van der Waals surface area contributed by atoms with E-state index >= 15 is 0 Å². The Morgan fingerprint density at radius 3 is 2.63 bits per heavy atom. The average Bonchev–Trinajstić information content (AvgIpc) is 3.06. The molecule has 0 aromatic heterocycles. The van der Waals surface area contributed by atoms with Crippen LogP contribution in [-0.2, 0) is 0 Å². The van der Waals surface area contributed by atoms with Gasteiger partial charge >= 0.3 is 0 Å². The number of nitrogens with one attached hydrogen (secondary N) is 1. The number of fused-ring (bicyclic) bond motifs is 1. The molecule has 0 aromatic rings. The Morgan fingerprint density at radius 2 is 1.84 bits per heavy atom. The van der Waals surface area contributed by atoms with Crippen LogP contribution in [0.15, 0.2) is 0 Å². The van der Waals surface area contributed by atoms with E-state index in [4.69, 9.17) is 0 Å². The molecular formula is C17H32N2. The lowest BCUT2D eigenvalue weighted by atomic mass is 9.82. The predicted molar refractivity (Wildman–Crippen MR) is 81.4 cm³/mol. The first kappa shape index (κ1) is 13.9. The molecule has 3 fully saturated rings. The summed E-state index contributed by atoms with van der Waals surface area (Å²) < 4.78 is 0. The van der Waals surface area contributed by atoms with E-state index in [9.17, 15) is 0 Å². The summed E-state index contributed by atoms with van der Waals surface area (Å²) >= 11 is 0. The maximum absolute atomic E-state index is 3.65. The molecule has 1 N–H and O–H groups in total. The highest BCUT2D eigenvalue weighted by atomic mass is 15.2. The molecule has 0 bridgehead atoms. The van der Waals surface area contributed by atoms with Gasteiger partial charge in [0, 0.05) is 19.1 Å². The average molecular weight is 264 g/mol. The third-order valence-electron chi connectivity index (χ3n) is 6.08. The molecule has 2 unspecified atom stereocenters. The van der Waals surface area contributed by atoms with Gasteiger partial charge in [0.05, 0.1) is 0 Å². The highest BCUT2D eigenvalue weighted by Crippen LogP contribution is 2.42. The lowest BCUT2D eigenvalue weighted by Crippen LogP contribution is -2.45. The molecule has 2 aliphatic carbocycles. The fourth-order valence-corrected chi connectivity index (χ4v) is 5.04. The van der Waals surface area contributed by atoms with Gasteiger partial charge in [-0.25, -0.2) is 0 Å². The highest BCUT2D eigenvalue weighted by Gasteiger charge is 2.41. The second-order valence-corrected chi connectivity index (χ2v) is 7.36. The molecule has 3 rings (SSSR count). The molecule has 0 aromatic carbocycles. The van der Waals surface area contributed by atoms with Crippen molar-refractivity contribution in [3.63, 3.8) is 0 Å². The van der Waals surface area contributed by atoms with E-state index in [2.05, 4.69) is 17.1 Å². The predicted octanol–water partition coefficient (Wildman–Crippen LogP) is 3.42. The number of nitrogens with zero attached hydrogens (tertiary/aromatic N) is 1. The molecule has 0 amide bonds. The van der Waals surface area contributed by atoms with Crippen molar-refractivity contribution in [1.29, 1.82) is 0 Å². The van der Waals surface area contributed by atoms with E-state index in [0.29, 0.717) is 5.41 Å². The highest BCUT2D eigenvalue weighted by molar-refractivity contribution is 4.96. The summed E-state index contributed by atoms with van der Waals surface area (Å²) in [4.78, 5) is 2.90. The Bertz CT molecular complexity index is 283. The van der Waals surface area contributed by atoms with Gasteiger partial charge in [0.15, 0.2) is 0 Å². The molecule has 2 saturated carbocycles. The van der Waals surface area contributed by atoms with Crippen LogP contribution in [0.2, 0.25) is 0 Å². The summed E-state index contributed by atoms with van der Waals surface area (Å²) in [6.07, 6.45) is 13.3. The van der Waals surface area contributed by atoms with Crippen LogP contribution in [0.4, 0.5) is 0 Å². The number of rotatable bonds is 5. The van der Waals surface area contributed by atoms with Crippen LogP contribution in [0.5, 0.6) is 0 Å². The quantitative estimate of drug-likeness (QED) is 0.818. The zero-order valence-electron chi connectivity index (χ0n) is 12.8. The van der Waals surface area contributed by atoms with Crippen molar-refractivity contribution in [3.8, 4) is 0 Å². The summed E-state index contributed by atoms with van der Waals surface area (Å²) in [5.41, 5.74) is 0.613. The van der Waals surface area contributed by atoms with Crippen LogP contribution in [0, 0.1) is 11.3 Å². The van der Waals surface area contributed by atoms with Crippen molar-refractivity contribution < 1.29 is 0 Å². The Hall–Kier alpha value is -0.0800. The molecule has 1 aliphatic heterocycles. The molecule has 1 heterocycles. The fourth-order valence-electron chi connectivity index (χ4n) is 5.04. The third kappa shape index (κ3) is 3.00. The smallest absolute Gasteiger partial charge is 0.0124 e. The van der Waals surface area contributed by atoms with Gasteiger partial charge in [0.25, 0.3) is 0 Å². The topological polar surface area (TPSA) is 15.3 Å². The summed E-state index contributed by atoms with van der Waals surface area (Å²) in [6, 6.07) is 0.952. The van der Waals surface area contributed by atoms with Gasteiger partial charge in [-0.2, -0.15) is 0 Å². The van der Waals surface area contributed by atoms with Gasteiger partial charge < -0.3 is 5.32 Å². The first-order chi connectivity index (χ1) is 9.33. The van der Waals surface area contributed by atoms with Crippen LogP contribution in [0.3, 0.4) is 0 Å². The van der Waals surface area contributed by atoms with Crippen molar-refractivity contribution in [2.75, 3.05) is 26.2 Å². The molecule has 1 saturated heterocycles. The second kappa shape index (κ2) is 6.13. The molecular weight excluding hydrogens is 232 g/mol. The first-order valence-electron chi connectivity index (χ1n) is 8.78. The summed E-state index contributed by atoms with van der Waals surface area (Å²) in [5.74, 6) is 1.05. The normalized spacial score (nSPS) is 34.6. The third-order valence-corrected chi connectivity index (χ3v) is 6.08. The number of hydrogen-bond acceptors (Lipinski definition) is 2. The van der Waals surface area contributed by atoms with Gasteiger partial charge in [0.2, 0.25) is 0 Å². The van der Waals surface area contributed by atoms with E-state index < -0.39 is 0 Å². The van der Waals surface area contributed by atoms with Crippen molar-refractivity contribution in [2.45, 2.75) is 70.8 Å². The largest absolute Gasteiger partial charge is 0.316 e. The van der Waals surface area contributed by atoms with E-state index in [-0.39, 0.29) is 0 Å². The molecule has 19 heavy (non-hydrogen) atoms. The summed E-state index contributed by atoms with van der Waals surface area (Å²) in [6.45, 7) is 7.42. The minimum Gasteiger partial charge on any atom is -0.316 e. The maximum atomic E-state index is 3.65. The van der Waals surface area contributed by atoms with Crippen molar-refractivity contribution in [1.82, 2.24) is 10.2 Å². The van der Waals surface area contributed by atoms with E-state index in [0.717, 1.165) is 18.5 Å². The van der Waals surface area contributed by atoms with Crippen molar-refractivity contribution >= 4 is 0 Å². The number of likely N-dealkylation sites (tertiary alicyclic amines) is 1. The van der Waals surface area contributed by atoms with Crippen LogP contribution in [0.25, 0.3) is 0 Å².